The molecule has 0 saturated carbocycles. The topological polar surface area (TPSA) is 49.3 Å². The van der Waals surface area contributed by atoms with E-state index in [1.54, 1.807) is 0 Å². The predicted octanol–water partition coefficient (Wildman–Crippen LogP) is 3.36. The fourth-order valence-corrected chi connectivity index (χ4v) is 2.03. The molecule has 0 spiro atoms. The Hall–Kier alpha value is -1.61. The van der Waals surface area contributed by atoms with Crippen LogP contribution in [0.4, 0.5) is 0 Å². The summed E-state index contributed by atoms with van der Waals surface area (Å²) in [5.74, 6) is -0.0175. The van der Waals surface area contributed by atoms with E-state index in [2.05, 4.69) is 5.32 Å². The third-order valence-electron chi connectivity index (χ3n) is 3.67. The molecule has 3 nitrogen and oxygen atoms in total. The molecule has 1 aromatic carbocycles. The van der Waals surface area contributed by atoms with E-state index in [4.69, 9.17) is 5.11 Å². The largest absolute Gasteiger partial charge is 0.396 e. The third kappa shape index (κ3) is 4.82. The van der Waals surface area contributed by atoms with Crippen LogP contribution in [0.15, 0.2) is 41.5 Å². The molecule has 1 rings (SSSR count). The minimum absolute atomic E-state index is 0.0175. The first-order chi connectivity index (χ1) is 9.60. The molecule has 20 heavy (non-hydrogen) atoms. The van der Waals surface area contributed by atoms with Gasteiger partial charge in [-0.05, 0) is 38.7 Å². The molecule has 1 atom stereocenters. The Labute approximate surface area is 121 Å². The number of hydrogen-bond donors (Lipinski definition) is 2. The highest BCUT2D eigenvalue weighted by atomic mass is 16.3. The Morgan fingerprint density at radius 2 is 1.90 bits per heavy atom. The summed E-state index contributed by atoms with van der Waals surface area (Å²) in [5, 5.41) is 12.1. The lowest BCUT2D eigenvalue weighted by Crippen LogP contribution is -2.29. The van der Waals surface area contributed by atoms with Gasteiger partial charge in [0.05, 0.1) is 6.04 Å². The predicted molar refractivity (Wildman–Crippen MR) is 82.3 cm³/mol. The number of carbonyl (C=O) groups is 1. The molecule has 0 radical (unpaired) electrons. The molecule has 0 aliphatic rings. The van der Waals surface area contributed by atoms with E-state index in [1.165, 1.54) is 0 Å². The van der Waals surface area contributed by atoms with Gasteiger partial charge in [-0.2, -0.15) is 0 Å². The first kappa shape index (κ1) is 16.4. The summed E-state index contributed by atoms with van der Waals surface area (Å²) in [6, 6.07) is 9.86. The van der Waals surface area contributed by atoms with Crippen molar-refractivity contribution in [1.29, 1.82) is 0 Å². The van der Waals surface area contributed by atoms with Gasteiger partial charge in [-0.1, -0.05) is 42.8 Å². The van der Waals surface area contributed by atoms with E-state index >= 15 is 0 Å². The number of aliphatic hydroxyl groups excluding tert-OH is 1. The van der Waals surface area contributed by atoms with Gasteiger partial charge in [-0.25, -0.2) is 0 Å². The molecule has 1 unspecified atom stereocenters. The maximum absolute atomic E-state index is 12.3. The monoisotopic (exact) mass is 275 g/mol. The maximum Gasteiger partial charge on any atom is 0.247 e. The summed E-state index contributed by atoms with van der Waals surface area (Å²) < 4.78 is 0. The summed E-state index contributed by atoms with van der Waals surface area (Å²) in [5.41, 5.74) is 2.98. The Kier molecular flexibility index (Phi) is 7.02. The molecule has 0 fully saturated rings. The highest BCUT2D eigenvalue weighted by molar-refractivity contribution is 5.93. The molecular weight excluding hydrogens is 250 g/mol. The van der Waals surface area contributed by atoms with Gasteiger partial charge in [0.15, 0.2) is 0 Å². The highest BCUT2D eigenvalue weighted by Gasteiger charge is 2.15. The zero-order valence-corrected chi connectivity index (χ0v) is 12.6. The molecule has 2 N–H and O–H groups in total. The summed E-state index contributed by atoms with van der Waals surface area (Å²) in [6.07, 6.45) is 2.30. The number of hydrogen-bond acceptors (Lipinski definition) is 2. The fourth-order valence-electron chi connectivity index (χ4n) is 2.03. The zero-order chi connectivity index (χ0) is 15.0. The minimum atomic E-state index is -0.0459. The van der Waals surface area contributed by atoms with Crippen molar-refractivity contribution in [3.05, 3.63) is 47.0 Å². The molecular formula is C17H25NO2. The molecule has 0 aliphatic heterocycles. The lowest BCUT2D eigenvalue weighted by atomic mass is 10.0. The molecule has 0 aromatic heterocycles. The molecule has 0 bridgehead atoms. The van der Waals surface area contributed by atoms with Crippen LogP contribution in [0.1, 0.15) is 51.6 Å². The Balaban J connectivity index is 2.83. The van der Waals surface area contributed by atoms with E-state index in [0.29, 0.717) is 6.42 Å². The molecule has 3 heteroatoms. The van der Waals surface area contributed by atoms with Crippen molar-refractivity contribution in [2.75, 3.05) is 6.61 Å². The number of allylic oxidation sites excluding steroid dienone is 1. The summed E-state index contributed by atoms with van der Waals surface area (Å²) in [7, 11) is 0. The Morgan fingerprint density at radius 3 is 2.45 bits per heavy atom. The van der Waals surface area contributed by atoms with Crippen LogP contribution in [0.5, 0.6) is 0 Å². The van der Waals surface area contributed by atoms with E-state index in [-0.39, 0.29) is 18.6 Å². The van der Waals surface area contributed by atoms with Gasteiger partial charge in [0.1, 0.15) is 0 Å². The second-order valence-corrected chi connectivity index (χ2v) is 5.06. The van der Waals surface area contributed by atoms with Crippen LogP contribution in [0, 0.1) is 0 Å². The molecule has 1 amide bonds. The molecule has 0 saturated heterocycles. The van der Waals surface area contributed by atoms with Crippen molar-refractivity contribution in [2.45, 2.75) is 46.1 Å². The van der Waals surface area contributed by atoms with Gasteiger partial charge >= 0.3 is 0 Å². The highest BCUT2D eigenvalue weighted by Crippen LogP contribution is 2.19. The van der Waals surface area contributed by atoms with E-state index in [0.717, 1.165) is 29.6 Å². The van der Waals surface area contributed by atoms with E-state index < -0.39 is 0 Å². The lowest BCUT2D eigenvalue weighted by Gasteiger charge is -2.20. The van der Waals surface area contributed by atoms with E-state index in [1.807, 2.05) is 51.1 Å². The van der Waals surface area contributed by atoms with Gasteiger partial charge in [0.25, 0.3) is 0 Å². The Morgan fingerprint density at radius 1 is 1.25 bits per heavy atom. The third-order valence-corrected chi connectivity index (χ3v) is 3.67. The van der Waals surface area contributed by atoms with Crippen molar-refractivity contribution in [2.24, 2.45) is 0 Å². The van der Waals surface area contributed by atoms with Crippen molar-refractivity contribution in [1.82, 2.24) is 5.32 Å². The molecule has 1 aromatic rings. The van der Waals surface area contributed by atoms with Crippen LogP contribution in [-0.2, 0) is 4.79 Å². The van der Waals surface area contributed by atoms with Crippen molar-refractivity contribution < 1.29 is 9.90 Å². The molecule has 0 heterocycles. The number of aliphatic hydroxyl groups is 1. The number of carbonyl (C=O) groups excluding carboxylic acids is 1. The van der Waals surface area contributed by atoms with Gasteiger partial charge in [-0.3, -0.25) is 4.79 Å². The van der Waals surface area contributed by atoms with Crippen molar-refractivity contribution >= 4 is 5.91 Å². The molecule has 110 valence electrons. The smallest absolute Gasteiger partial charge is 0.247 e. The van der Waals surface area contributed by atoms with Crippen LogP contribution in [-0.4, -0.2) is 17.6 Å². The van der Waals surface area contributed by atoms with E-state index in [9.17, 15) is 4.79 Å². The number of amides is 1. The summed E-state index contributed by atoms with van der Waals surface area (Å²) in [4.78, 5) is 12.3. The number of rotatable bonds is 7. The van der Waals surface area contributed by atoms with Gasteiger partial charge in [0.2, 0.25) is 5.91 Å². The van der Waals surface area contributed by atoms with Gasteiger partial charge in [-0.15, -0.1) is 0 Å². The average molecular weight is 275 g/mol. The SMILES string of the molecule is CC/C(C)=C(/C)C(=O)NC(CCCO)c1ccccc1. The van der Waals surface area contributed by atoms with Crippen LogP contribution in [0.25, 0.3) is 0 Å². The number of benzene rings is 1. The fraction of sp³-hybridized carbons (Fsp3) is 0.471. The molecule has 0 aliphatic carbocycles. The first-order valence-electron chi connectivity index (χ1n) is 7.23. The summed E-state index contributed by atoms with van der Waals surface area (Å²) in [6.45, 7) is 6.04. The minimum Gasteiger partial charge on any atom is -0.396 e. The van der Waals surface area contributed by atoms with Crippen molar-refractivity contribution in [3.8, 4) is 0 Å². The van der Waals surface area contributed by atoms with Crippen LogP contribution >= 0.6 is 0 Å². The van der Waals surface area contributed by atoms with Crippen LogP contribution in [0.3, 0.4) is 0 Å². The standard InChI is InChI=1S/C17H25NO2/c1-4-13(2)14(3)17(20)18-16(11-8-12-19)15-9-6-5-7-10-15/h5-7,9-10,16,19H,4,8,11-12H2,1-3H3,(H,18,20)/b14-13-. The lowest BCUT2D eigenvalue weighted by molar-refractivity contribution is -0.118. The maximum atomic E-state index is 12.3. The first-order valence-corrected chi connectivity index (χ1v) is 7.23. The zero-order valence-electron chi connectivity index (χ0n) is 12.6. The van der Waals surface area contributed by atoms with Crippen molar-refractivity contribution in [3.63, 3.8) is 0 Å². The quantitative estimate of drug-likeness (QED) is 0.750. The van der Waals surface area contributed by atoms with Gasteiger partial charge < -0.3 is 10.4 Å². The Bertz CT molecular complexity index is 451. The second kappa shape index (κ2) is 8.54. The van der Waals surface area contributed by atoms with Crippen LogP contribution < -0.4 is 5.32 Å². The summed E-state index contributed by atoms with van der Waals surface area (Å²) >= 11 is 0. The number of nitrogens with one attached hydrogen (secondary N) is 1. The van der Waals surface area contributed by atoms with Gasteiger partial charge in [0, 0.05) is 12.2 Å². The second-order valence-electron chi connectivity index (χ2n) is 5.06. The van der Waals surface area contributed by atoms with Crippen LogP contribution in [0.2, 0.25) is 0 Å². The average Bonchev–Trinajstić information content (AvgIpc) is 2.50. The normalized spacial score (nSPS) is 13.6.